The first-order chi connectivity index (χ1) is 10.1. The van der Waals surface area contributed by atoms with Crippen LogP contribution in [-0.4, -0.2) is 5.78 Å². The third-order valence-electron chi connectivity index (χ3n) is 3.66. The second-order valence-corrected chi connectivity index (χ2v) is 5.22. The van der Waals surface area contributed by atoms with E-state index in [0.29, 0.717) is 0 Å². The van der Waals surface area contributed by atoms with E-state index in [0.717, 1.165) is 21.9 Å². The molecule has 1 nitrogen and oxygen atoms in total. The number of halogens is 1. The maximum atomic E-state index is 13.9. The molecule has 3 aromatic rings. The highest BCUT2D eigenvalue weighted by Gasteiger charge is 2.13. The van der Waals surface area contributed by atoms with Crippen LogP contribution < -0.4 is 0 Å². The minimum absolute atomic E-state index is 0.161. The fraction of sp³-hybridized carbons (Fsp3) is 0.105. The van der Waals surface area contributed by atoms with E-state index < -0.39 is 5.82 Å². The zero-order valence-corrected chi connectivity index (χ0v) is 11.8. The summed E-state index contributed by atoms with van der Waals surface area (Å²) >= 11 is 0. The molecule has 0 amide bonds. The van der Waals surface area contributed by atoms with Gasteiger partial charge < -0.3 is 0 Å². The zero-order valence-electron chi connectivity index (χ0n) is 11.8. The van der Waals surface area contributed by atoms with E-state index in [2.05, 4.69) is 0 Å². The highest BCUT2D eigenvalue weighted by atomic mass is 19.1. The van der Waals surface area contributed by atoms with Crippen molar-refractivity contribution in [3.05, 3.63) is 83.2 Å². The van der Waals surface area contributed by atoms with Gasteiger partial charge in [-0.3, -0.25) is 4.79 Å². The molecule has 0 radical (unpaired) electrons. The van der Waals surface area contributed by atoms with Crippen molar-refractivity contribution in [1.82, 2.24) is 0 Å². The Morgan fingerprint density at radius 3 is 2.57 bits per heavy atom. The van der Waals surface area contributed by atoms with Gasteiger partial charge in [0.25, 0.3) is 0 Å². The fourth-order valence-electron chi connectivity index (χ4n) is 2.56. The Hall–Kier alpha value is -2.48. The van der Waals surface area contributed by atoms with Gasteiger partial charge in [-0.25, -0.2) is 4.39 Å². The Labute approximate surface area is 123 Å². The van der Waals surface area contributed by atoms with Crippen molar-refractivity contribution in [2.75, 3.05) is 0 Å². The van der Waals surface area contributed by atoms with Crippen molar-refractivity contribution in [1.29, 1.82) is 0 Å². The van der Waals surface area contributed by atoms with E-state index >= 15 is 0 Å². The first-order valence-electron chi connectivity index (χ1n) is 6.91. The molecule has 3 rings (SSSR count). The molecule has 21 heavy (non-hydrogen) atoms. The van der Waals surface area contributed by atoms with Crippen LogP contribution in [0.4, 0.5) is 4.39 Å². The first-order valence-corrected chi connectivity index (χ1v) is 6.91. The molecule has 0 aliphatic carbocycles. The van der Waals surface area contributed by atoms with Crippen molar-refractivity contribution in [3.63, 3.8) is 0 Å². The number of benzene rings is 3. The lowest BCUT2D eigenvalue weighted by Crippen LogP contribution is -2.06. The number of hydrogen-bond donors (Lipinski definition) is 0. The number of fused-ring (bicyclic) bond motifs is 1. The lowest BCUT2D eigenvalue weighted by atomic mass is 9.97. The van der Waals surface area contributed by atoms with E-state index in [1.54, 1.807) is 12.1 Å². The number of Topliss-reactive ketones (excluding diaryl/α,β-unsaturated/α-hetero) is 1. The standard InChI is InChI=1S/C19H15FO/c1-13-9-10-17(18(20)11-13)19(21)12-15-7-4-6-14-5-2-3-8-16(14)15/h2-11H,12H2,1H3. The molecule has 0 aliphatic rings. The van der Waals surface area contributed by atoms with Gasteiger partial charge in [0.2, 0.25) is 0 Å². The van der Waals surface area contributed by atoms with Crippen molar-refractivity contribution >= 4 is 16.6 Å². The van der Waals surface area contributed by atoms with Crippen LogP contribution in [0.25, 0.3) is 10.8 Å². The SMILES string of the molecule is Cc1ccc(C(=O)Cc2cccc3ccccc23)c(F)c1. The smallest absolute Gasteiger partial charge is 0.170 e. The van der Waals surface area contributed by atoms with Crippen molar-refractivity contribution in [3.8, 4) is 0 Å². The largest absolute Gasteiger partial charge is 0.294 e. The first kappa shape index (κ1) is 13.5. The molecule has 0 aliphatic heterocycles. The van der Waals surface area contributed by atoms with Gasteiger partial charge >= 0.3 is 0 Å². The Kier molecular flexibility index (Phi) is 3.53. The average molecular weight is 278 g/mol. The number of carbonyl (C=O) groups is 1. The highest BCUT2D eigenvalue weighted by molar-refractivity contribution is 6.00. The Bertz CT molecular complexity index is 815. The van der Waals surface area contributed by atoms with Gasteiger partial charge in [-0.05, 0) is 41.0 Å². The van der Waals surface area contributed by atoms with Crippen LogP contribution in [0.5, 0.6) is 0 Å². The Balaban J connectivity index is 1.97. The number of aryl methyl sites for hydroxylation is 1. The molecule has 2 heteroatoms. The molecule has 0 saturated carbocycles. The monoisotopic (exact) mass is 278 g/mol. The van der Waals surface area contributed by atoms with Crippen molar-refractivity contribution in [2.45, 2.75) is 13.3 Å². The summed E-state index contributed by atoms with van der Waals surface area (Å²) in [6.45, 7) is 1.81. The summed E-state index contributed by atoms with van der Waals surface area (Å²) in [6.07, 6.45) is 0.210. The van der Waals surface area contributed by atoms with Crippen LogP contribution in [0, 0.1) is 12.7 Å². The molecular weight excluding hydrogens is 263 g/mol. The molecule has 0 unspecified atom stereocenters. The van der Waals surface area contributed by atoms with Gasteiger partial charge in [0, 0.05) is 6.42 Å². The molecule has 0 aromatic heterocycles. The van der Waals surface area contributed by atoms with Gasteiger partial charge in [-0.2, -0.15) is 0 Å². The normalized spacial score (nSPS) is 10.8. The van der Waals surface area contributed by atoms with Crippen LogP contribution in [0.15, 0.2) is 60.7 Å². The molecule has 0 spiro atoms. The third-order valence-corrected chi connectivity index (χ3v) is 3.66. The van der Waals surface area contributed by atoms with Gasteiger partial charge in [-0.1, -0.05) is 48.5 Å². The predicted molar refractivity (Wildman–Crippen MR) is 83.1 cm³/mol. The van der Waals surface area contributed by atoms with E-state index in [1.807, 2.05) is 49.4 Å². The average Bonchev–Trinajstić information content (AvgIpc) is 2.47. The van der Waals surface area contributed by atoms with E-state index in [1.165, 1.54) is 6.07 Å². The summed E-state index contributed by atoms with van der Waals surface area (Å²) in [7, 11) is 0. The summed E-state index contributed by atoms with van der Waals surface area (Å²) in [5, 5.41) is 2.13. The maximum absolute atomic E-state index is 13.9. The van der Waals surface area contributed by atoms with Crippen LogP contribution in [-0.2, 0) is 6.42 Å². The molecule has 104 valence electrons. The summed E-state index contributed by atoms with van der Waals surface area (Å²) in [5.74, 6) is -0.635. The van der Waals surface area contributed by atoms with E-state index in [9.17, 15) is 9.18 Å². The molecule has 0 atom stereocenters. The highest BCUT2D eigenvalue weighted by Crippen LogP contribution is 2.21. The Morgan fingerprint density at radius 1 is 1.00 bits per heavy atom. The second kappa shape index (κ2) is 5.49. The van der Waals surface area contributed by atoms with E-state index in [-0.39, 0.29) is 17.8 Å². The predicted octanol–water partition coefficient (Wildman–Crippen LogP) is 4.71. The molecule has 0 saturated heterocycles. The molecule has 0 fully saturated rings. The lowest BCUT2D eigenvalue weighted by Gasteiger charge is -2.07. The van der Waals surface area contributed by atoms with Gasteiger partial charge in [0.05, 0.1) is 5.56 Å². The summed E-state index contributed by atoms with van der Waals surface area (Å²) in [4.78, 5) is 12.3. The minimum Gasteiger partial charge on any atom is -0.294 e. The van der Waals surface area contributed by atoms with E-state index in [4.69, 9.17) is 0 Å². The quantitative estimate of drug-likeness (QED) is 0.634. The summed E-state index contributed by atoms with van der Waals surface area (Å²) in [5.41, 5.74) is 1.90. The molecule has 0 heterocycles. The second-order valence-electron chi connectivity index (χ2n) is 5.22. The topological polar surface area (TPSA) is 17.1 Å². The molecular formula is C19H15FO. The van der Waals surface area contributed by atoms with Crippen LogP contribution in [0.2, 0.25) is 0 Å². The summed E-state index contributed by atoms with van der Waals surface area (Å²) < 4.78 is 13.9. The number of hydrogen-bond acceptors (Lipinski definition) is 1. The van der Waals surface area contributed by atoms with Crippen LogP contribution in [0.1, 0.15) is 21.5 Å². The van der Waals surface area contributed by atoms with Crippen molar-refractivity contribution < 1.29 is 9.18 Å². The minimum atomic E-state index is -0.444. The van der Waals surface area contributed by atoms with Gasteiger partial charge in [0.15, 0.2) is 5.78 Å². The Morgan fingerprint density at radius 2 is 1.76 bits per heavy atom. The van der Waals surface area contributed by atoms with Gasteiger partial charge in [0.1, 0.15) is 5.82 Å². The zero-order chi connectivity index (χ0) is 14.8. The third kappa shape index (κ3) is 2.70. The maximum Gasteiger partial charge on any atom is 0.170 e. The lowest BCUT2D eigenvalue weighted by molar-refractivity contribution is 0.0989. The number of carbonyl (C=O) groups excluding carboxylic acids is 1. The van der Waals surface area contributed by atoms with Crippen molar-refractivity contribution in [2.24, 2.45) is 0 Å². The summed E-state index contributed by atoms with van der Waals surface area (Å²) in [6, 6.07) is 18.5. The van der Waals surface area contributed by atoms with Crippen LogP contribution in [0.3, 0.4) is 0 Å². The number of ketones is 1. The number of rotatable bonds is 3. The van der Waals surface area contributed by atoms with Gasteiger partial charge in [-0.15, -0.1) is 0 Å². The fourth-order valence-corrected chi connectivity index (χ4v) is 2.56. The van der Waals surface area contributed by atoms with Crippen LogP contribution >= 0.6 is 0 Å². The molecule has 0 bridgehead atoms. The molecule has 3 aromatic carbocycles. The molecule has 0 N–H and O–H groups in total.